The first kappa shape index (κ1) is 19.3. The Balaban J connectivity index is 1.95. The van der Waals surface area contributed by atoms with Gasteiger partial charge in [0.05, 0.1) is 11.8 Å². The summed E-state index contributed by atoms with van der Waals surface area (Å²) in [4.78, 5) is 27.3. The van der Waals surface area contributed by atoms with Crippen LogP contribution < -0.4 is 4.90 Å². The van der Waals surface area contributed by atoms with E-state index in [0.717, 1.165) is 5.56 Å². The number of ketones is 1. The van der Waals surface area contributed by atoms with E-state index in [1.165, 1.54) is 11.2 Å². The fourth-order valence-corrected chi connectivity index (χ4v) is 3.69. The van der Waals surface area contributed by atoms with Gasteiger partial charge in [-0.05, 0) is 61.0 Å². The van der Waals surface area contributed by atoms with Crippen molar-refractivity contribution in [1.29, 1.82) is 0 Å². The second kappa shape index (κ2) is 7.43. The van der Waals surface area contributed by atoms with Gasteiger partial charge in [-0.25, -0.2) is 0 Å². The molecule has 1 atom stereocenters. The van der Waals surface area contributed by atoms with Crippen molar-refractivity contribution < 1.29 is 19.1 Å². The number of benzene rings is 2. The molecule has 1 N–H and O–H groups in total. The maximum Gasteiger partial charge on any atom is 0.300 e. The molecule has 1 saturated heterocycles. The quantitative estimate of drug-likeness (QED) is 0.339. The molecule has 0 bridgehead atoms. The molecular formula is C22H15Cl2NO4. The topological polar surface area (TPSA) is 70.8 Å². The summed E-state index contributed by atoms with van der Waals surface area (Å²) in [7, 11) is 0. The van der Waals surface area contributed by atoms with Crippen LogP contribution in [0.5, 0.6) is 0 Å². The standard InChI is InChI=1S/C22H15Cl2NO4/c1-12-4-7-15(24)11-16(12)25-19(17-3-2-10-29-17)18(21(27)22(25)28)20(26)13-5-8-14(23)9-6-13/h2-11,19,26H,1H3/b20-18-. The third kappa shape index (κ3) is 3.33. The molecule has 4 rings (SSSR count). The zero-order valence-corrected chi connectivity index (χ0v) is 16.7. The number of amides is 1. The Morgan fingerprint density at radius 2 is 1.72 bits per heavy atom. The van der Waals surface area contributed by atoms with Crippen molar-refractivity contribution in [2.75, 3.05) is 4.90 Å². The van der Waals surface area contributed by atoms with E-state index >= 15 is 0 Å². The van der Waals surface area contributed by atoms with E-state index in [1.807, 2.05) is 6.92 Å². The van der Waals surface area contributed by atoms with Gasteiger partial charge in [0.2, 0.25) is 0 Å². The monoisotopic (exact) mass is 427 g/mol. The highest BCUT2D eigenvalue weighted by molar-refractivity contribution is 6.52. The normalized spacial score (nSPS) is 18.4. The number of carbonyl (C=O) groups is 2. The minimum absolute atomic E-state index is 0.0633. The van der Waals surface area contributed by atoms with Crippen LogP contribution in [0.25, 0.3) is 5.76 Å². The highest BCUT2D eigenvalue weighted by Gasteiger charge is 2.48. The summed E-state index contributed by atoms with van der Waals surface area (Å²) in [6.45, 7) is 1.81. The van der Waals surface area contributed by atoms with Crippen LogP contribution in [0.4, 0.5) is 5.69 Å². The first-order valence-electron chi connectivity index (χ1n) is 8.75. The number of anilines is 1. The van der Waals surface area contributed by atoms with Crippen molar-refractivity contribution >= 4 is 46.3 Å². The van der Waals surface area contributed by atoms with Crippen molar-refractivity contribution in [3.8, 4) is 0 Å². The molecular weight excluding hydrogens is 413 g/mol. The molecule has 0 spiro atoms. The number of nitrogens with zero attached hydrogens (tertiary/aromatic N) is 1. The molecule has 0 aliphatic carbocycles. The molecule has 146 valence electrons. The van der Waals surface area contributed by atoms with Gasteiger partial charge < -0.3 is 9.52 Å². The van der Waals surface area contributed by atoms with Gasteiger partial charge in [-0.1, -0.05) is 29.3 Å². The summed E-state index contributed by atoms with van der Waals surface area (Å²) >= 11 is 12.1. The van der Waals surface area contributed by atoms with Crippen LogP contribution in [-0.4, -0.2) is 16.8 Å². The second-order valence-corrected chi connectivity index (χ2v) is 7.50. The van der Waals surface area contributed by atoms with Gasteiger partial charge in [-0.3, -0.25) is 14.5 Å². The number of hydrogen-bond acceptors (Lipinski definition) is 4. The largest absolute Gasteiger partial charge is 0.507 e. The summed E-state index contributed by atoms with van der Waals surface area (Å²) in [6.07, 6.45) is 1.45. The zero-order valence-electron chi connectivity index (χ0n) is 15.2. The molecule has 1 unspecified atom stereocenters. The molecule has 2 heterocycles. The number of aliphatic hydroxyl groups excluding tert-OH is 1. The average molecular weight is 428 g/mol. The van der Waals surface area contributed by atoms with Crippen LogP contribution in [0.2, 0.25) is 10.0 Å². The number of hydrogen-bond donors (Lipinski definition) is 1. The third-order valence-electron chi connectivity index (χ3n) is 4.81. The van der Waals surface area contributed by atoms with Gasteiger partial charge >= 0.3 is 0 Å². The Hall–Kier alpha value is -3.02. The van der Waals surface area contributed by atoms with Gasteiger partial charge in [0.1, 0.15) is 17.6 Å². The Labute approximate surface area is 176 Å². The lowest BCUT2D eigenvalue weighted by atomic mass is 9.99. The predicted molar refractivity (Wildman–Crippen MR) is 111 cm³/mol. The molecule has 1 aliphatic rings. The van der Waals surface area contributed by atoms with Crippen molar-refractivity contribution in [1.82, 2.24) is 0 Å². The molecule has 1 fully saturated rings. The van der Waals surface area contributed by atoms with Crippen LogP contribution in [-0.2, 0) is 9.59 Å². The Bertz CT molecular complexity index is 1130. The van der Waals surface area contributed by atoms with E-state index in [4.69, 9.17) is 27.6 Å². The summed E-state index contributed by atoms with van der Waals surface area (Å²) in [5.41, 5.74) is 1.52. The number of rotatable bonds is 3. The molecule has 1 aliphatic heterocycles. The molecule has 5 nitrogen and oxygen atoms in total. The molecule has 0 radical (unpaired) electrons. The number of Topliss-reactive ketones (excluding diaryl/α,β-unsaturated/α-hetero) is 1. The molecule has 2 aromatic carbocycles. The van der Waals surface area contributed by atoms with E-state index in [0.29, 0.717) is 27.1 Å². The first-order valence-corrected chi connectivity index (χ1v) is 9.50. The van der Waals surface area contributed by atoms with Gasteiger partial charge in [0.15, 0.2) is 0 Å². The SMILES string of the molecule is Cc1ccc(Cl)cc1N1C(=O)C(=O)/C(=C(\O)c2ccc(Cl)cc2)C1c1ccco1. The third-order valence-corrected chi connectivity index (χ3v) is 5.29. The van der Waals surface area contributed by atoms with Crippen molar-refractivity contribution in [3.05, 3.63) is 93.4 Å². The van der Waals surface area contributed by atoms with Crippen LogP contribution in [0, 0.1) is 6.92 Å². The molecule has 3 aromatic rings. The zero-order chi connectivity index (χ0) is 20.7. The second-order valence-electron chi connectivity index (χ2n) is 6.62. The highest BCUT2D eigenvalue weighted by atomic mass is 35.5. The van der Waals surface area contributed by atoms with Crippen molar-refractivity contribution in [2.24, 2.45) is 0 Å². The lowest BCUT2D eigenvalue weighted by Gasteiger charge is -2.25. The maximum absolute atomic E-state index is 13.0. The van der Waals surface area contributed by atoms with Crippen molar-refractivity contribution in [3.63, 3.8) is 0 Å². The maximum atomic E-state index is 13.0. The minimum Gasteiger partial charge on any atom is -0.507 e. The summed E-state index contributed by atoms with van der Waals surface area (Å²) < 4.78 is 5.53. The molecule has 0 saturated carbocycles. The van der Waals surface area contributed by atoms with Gasteiger partial charge in [-0.15, -0.1) is 0 Å². The molecule has 1 amide bonds. The van der Waals surface area contributed by atoms with Crippen LogP contribution in [0.3, 0.4) is 0 Å². The van der Waals surface area contributed by atoms with E-state index < -0.39 is 17.7 Å². The van der Waals surface area contributed by atoms with Gasteiger partial charge in [0.25, 0.3) is 11.7 Å². The average Bonchev–Trinajstić information content (AvgIpc) is 3.31. The number of furan rings is 1. The summed E-state index contributed by atoms with van der Waals surface area (Å²) in [5.74, 6) is -1.53. The van der Waals surface area contributed by atoms with Crippen LogP contribution >= 0.6 is 23.2 Å². The van der Waals surface area contributed by atoms with Crippen LogP contribution in [0.1, 0.15) is 22.9 Å². The fraction of sp³-hybridized carbons (Fsp3) is 0.0909. The summed E-state index contributed by atoms with van der Waals surface area (Å²) in [5, 5.41) is 11.8. The van der Waals surface area contributed by atoms with Crippen LogP contribution in [0.15, 0.2) is 70.9 Å². The van der Waals surface area contributed by atoms with Crippen molar-refractivity contribution in [2.45, 2.75) is 13.0 Å². The van der Waals surface area contributed by atoms with Gasteiger partial charge in [0, 0.05) is 21.3 Å². The number of halogens is 2. The Morgan fingerprint density at radius 3 is 2.38 bits per heavy atom. The Kier molecular flexibility index (Phi) is 4.94. The lowest BCUT2D eigenvalue weighted by molar-refractivity contribution is -0.132. The Morgan fingerprint density at radius 1 is 1.03 bits per heavy atom. The number of aryl methyl sites for hydroxylation is 1. The van der Waals surface area contributed by atoms with E-state index in [9.17, 15) is 14.7 Å². The minimum atomic E-state index is -0.933. The smallest absolute Gasteiger partial charge is 0.300 e. The van der Waals surface area contributed by atoms with E-state index in [-0.39, 0.29) is 11.3 Å². The highest BCUT2D eigenvalue weighted by Crippen LogP contribution is 2.43. The van der Waals surface area contributed by atoms with E-state index in [2.05, 4.69) is 0 Å². The predicted octanol–water partition coefficient (Wildman–Crippen LogP) is 5.52. The summed E-state index contributed by atoms with van der Waals surface area (Å²) in [6, 6.07) is 13.8. The molecule has 7 heteroatoms. The molecule has 1 aromatic heterocycles. The number of aliphatic hydroxyl groups is 1. The van der Waals surface area contributed by atoms with Gasteiger partial charge in [-0.2, -0.15) is 0 Å². The number of carbonyl (C=O) groups excluding carboxylic acids is 2. The lowest BCUT2D eigenvalue weighted by Crippen LogP contribution is -2.30. The molecule has 29 heavy (non-hydrogen) atoms. The first-order chi connectivity index (χ1) is 13.9. The fourth-order valence-electron chi connectivity index (χ4n) is 3.40. The van der Waals surface area contributed by atoms with E-state index in [1.54, 1.807) is 54.6 Å².